The number of hydrogen-bond donors (Lipinski definition) is 2. The van der Waals surface area contributed by atoms with Gasteiger partial charge in [-0.25, -0.2) is 0 Å². The van der Waals surface area contributed by atoms with Crippen molar-refractivity contribution in [2.75, 3.05) is 0 Å². The summed E-state index contributed by atoms with van der Waals surface area (Å²) < 4.78 is 0. The van der Waals surface area contributed by atoms with Gasteiger partial charge in [0.05, 0.1) is 5.84 Å². The van der Waals surface area contributed by atoms with E-state index in [4.69, 9.17) is 11.1 Å². The Morgan fingerprint density at radius 1 is 1.27 bits per heavy atom. The van der Waals surface area contributed by atoms with Gasteiger partial charge in [0.15, 0.2) is 0 Å². The summed E-state index contributed by atoms with van der Waals surface area (Å²) in [4.78, 5) is 0. The van der Waals surface area contributed by atoms with Gasteiger partial charge in [0.1, 0.15) is 0 Å². The second kappa shape index (κ2) is 4.15. The first-order chi connectivity index (χ1) is 6.81. The summed E-state index contributed by atoms with van der Waals surface area (Å²) in [5.74, 6) is 2.70. The second-order valence-corrected chi connectivity index (χ2v) is 5.96. The van der Waals surface area contributed by atoms with E-state index in [9.17, 15) is 0 Å². The summed E-state index contributed by atoms with van der Waals surface area (Å²) in [6, 6.07) is 0. The van der Waals surface area contributed by atoms with Gasteiger partial charge in [0.2, 0.25) is 0 Å². The lowest BCUT2D eigenvalue weighted by Gasteiger charge is -2.42. The lowest BCUT2D eigenvalue weighted by Crippen LogP contribution is -2.42. The van der Waals surface area contributed by atoms with Crippen LogP contribution >= 0.6 is 0 Å². The molecule has 15 heavy (non-hydrogen) atoms. The molecule has 1 aliphatic carbocycles. The maximum Gasteiger partial charge on any atom is 0.0942 e. The van der Waals surface area contributed by atoms with Crippen LogP contribution in [-0.4, -0.2) is 5.84 Å². The van der Waals surface area contributed by atoms with Crippen LogP contribution in [-0.2, 0) is 0 Å². The molecule has 2 nitrogen and oxygen atoms in total. The van der Waals surface area contributed by atoms with E-state index in [0.29, 0.717) is 29.5 Å². The van der Waals surface area contributed by atoms with Crippen LogP contribution < -0.4 is 5.73 Å². The van der Waals surface area contributed by atoms with Crippen LogP contribution in [0.3, 0.4) is 0 Å². The van der Waals surface area contributed by atoms with Crippen LogP contribution in [0.1, 0.15) is 47.5 Å². The third-order valence-electron chi connectivity index (χ3n) is 4.74. The first kappa shape index (κ1) is 12.5. The normalized spacial score (nSPS) is 36.5. The molecule has 1 fully saturated rings. The van der Waals surface area contributed by atoms with Gasteiger partial charge < -0.3 is 5.73 Å². The van der Waals surface area contributed by atoms with Crippen LogP contribution in [0, 0.1) is 34.5 Å². The van der Waals surface area contributed by atoms with E-state index in [-0.39, 0.29) is 5.41 Å². The fourth-order valence-corrected chi connectivity index (χ4v) is 3.60. The average Bonchev–Trinajstić information content (AvgIpc) is 2.43. The zero-order valence-corrected chi connectivity index (χ0v) is 10.8. The van der Waals surface area contributed by atoms with E-state index in [1.54, 1.807) is 0 Å². The van der Waals surface area contributed by atoms with Gasteiger partial charge in [-0.2, -0.15) is 0 Å². The van der Waals surface area contributed by atoms with Gasteiger partial charge in [-0.3, -0.25) is 5.41 Å². The molecular formula is C13H26N2. The minimum atomic E-state index is 0.222. The molecule has 2 heteroatoms. The van der Waals surface area contributed by atoms with Crippen LogP contribution in [0.2, 0.25) is 0 Å². The molecule has 1 rings (SSSR count). The standard InChI is InChI=1S/C13H26N2/c1-8(2)10-6-7-11(12(14)15)13(10,5)9(3)4/h8-11H,6-7H2,1-5H3,(H3,14,15)/t10?,11-,13+/m1/s1. The highest BCUT2D eigenvalue weighted by Crippen LogP contribution is 2.54. The van der Waals surface area contributed by atoms with Gasteiger partial charge in [0, 0.05) is 5.92 Å². The monoisotopic (exact) mass is 210 g/mol. The van der Waals surface area contributed by atoms with E-state index < -0.39 is 0 Å². The SMILES string of the molecule is CC(C)C1CC[C@H](C(=N)N)[C@@]1(C)C(C)C. The third kappa shape index (κ3) is 1.91. The number of rotatable bonds is 3. The Kier molecular flexibility index (Phi) is 3.47. The summed E-state index contributed by atoms with van der Waals surface area (Å²) in [6.45, 7) is 11.5. The van der Waals surface area contributed by atoms with E-state index in [1.165, 1.54) is 6.42 Å². The molecule has 1 saturated carbocycles. The molecule has 0 bridgehead atoms. The van der Waals surface area contributed by atoms with Crippen molar-refractivity contribution in [1.29, 1.82) is 5.41 Å². The number of hydrogen-bond acceptors (Lipinski definition) is 1. The Bertz CT molecular complexity index is 245. The van der Waals surface area contributed by atoms with Crippen molar-refractivity contribution in [1.82, 2.24) is 0 Å². The van der Waals surface area contributed by atoms with Gasteiger partial charge in [-0.15, -0.1) is 0 Å². The first-order valence-electron chi connectivity index (χ1n) is 6.15. The molecule has 1 unspecified atom stereocenters. The zero-order valence-electron chi connectivity index (χ0n) is 10.8. The number of nitrogens with one attached hydrogen (secondary N) is 1. The zero-order chi connectivity index (χ0) is 11.8. The molecular weight excluding hydrogens is 184 g/mol. The summed E-state index contributed by atoms with van der Waals surface area (Å²) >= 11 is 0. The van der Waals surface area contributed by atoms with Crippen molar-refractivity contribution in [3.63, 3.8) is 0 Å². The van der Waals surface area contributed by atoms with E-state index in [0.717, 1.165) is 6.42 Å². The average molecular weight is 210 g/mol. The Hall–Kier alpha value is -0.530. The maximum absolute atomic E-state index is 7.75. The molecule has 88 valence electrons. The molecule has 1 aliphatic rings. The maximum atomic E-state index is 7.75. The van der Waals surface area contributed by atoms with Crippen molar-refractivity contribution in [3.8, 4) is 0 Å². The summed E-state index contributed by atoms with van der Waals surface area (Å²) in [6.07, 6.45) is 2.34. The molecule has 0 spiro atoms. The molecule has 0 amide bonds. The molecule has 3 N–H and O–H groups in total. The Morgan fingerprint density at radius 3 is 2.13 bits per heavy atom. The van der Waals surface area contributed by atoms with E-state index >= 15 is 0 Å². The highest BCUT2D eigenvalue weighted by atomic mass is 14.8. The Balaban J connectivity index is 3.02. The summed E-state index contributed by atoms with van der Waals surface area (Å²) in [7, 11) is 0. The number of nitrogens with two attached hydrogens (primary N) is 1. The van der Waals surface area contributed by atoms with Crippen molar-refractivity contribution < 1.29 is 0 Å². The van der Waals surface area contributed by atoms with E-state index in [2.05, 4.69) is 34.6 Å². The third-order valence-corrected chi connectivity index (χ3v) is 4.74. The quantitative estimate of drug-likeness (QED) is 0.545. The molecule has 0 saturated heterocycles. The lowest BCUT2D eigenvalue weighted by atomic mass is 9.63. The predicted octanol–water partition coefficient (Wildman–Crippen LogP) is 3.27. The molecule has 3 atom stereocenters. The Morgan fingerprint density at radius 2 is 1.80 bits per heavy atom. The highest BCUT2D eigenvalue weighted by Gasteiger charge is 2.50. The largest absolute Gasteiger partial charge is 0.387 e. The lowest BCUT2D eigenvalue weighted by molar-refractivity contribution is 0.0874. The van der Waals surface area contributed by atoms with Gasteiger partial charge in [-0.1, -0.05) is 34.6 Å². The van der Waals surface area contributed by atoms with Crippen LogP contribution in [0.5, 0.6) is 0 Å². The molecule has 0 aromatic heterocycles. The molecule has 0 aromatic rings. The Labute approximate surface area is 94.1 Å². The first-order valence-corrected chi connectivity index (χ1v) is 6.15. The van der Waals surface area contributed by atoms with Crippen molar-refractivity contribution in [2.45, 2.75) is 47.5 Å². The van der Waals surface area contributed by atoms with Gasteiger partial charge >= 0.3 is 0 Å². The molecule has 0 radical (unpaired) electrons. The van der Waals surface area contributed by atoms with Crippen LogP contribution in [0.15, 0.2) is 0 Å². The van der Waals surface area contributed by atoms with Gasteiger partial charge in [0.25, 0.3) is 0 Å². The van der Waals surface area contributed by atoms with E-state index in [1.807, 2.05) is 0 Å². The molecule has 0 aromatic carbocycles. The van der Waals surface area contributed by atoms with Crippen molar-refractivity contribution >= 4 is 5.84 Å². The predicted molar refractivity (Wildman–Crippen MR) is 65.9 cm³/mol. The second-order valence-electron chi connectivity index (χ2n) is 5.96. The van der Waals surface area contributed by atoms with Gasteiger partial charge in [-0.05, 0) is 36.0 Å². The highest BCUT2D eigenvalue weighted by molar-refractivity contribution is 5.80. The van der Waals surface area contributed by atoms with Crippen molar-refractivity contribution in [3.05, 3.63) is 0 Å². The smallest absolute Gasteiger partial charge is 0.0942 e. The minimum absolute atomic E-state index is 0.222. The van der Waals surface area contributed by atoms with Crippen LogP contribution in [0.25, 0.3) is 0 Å². The summed E-state index contributed by atoms with van der Waals surface area (Å²) in [5.41, 5.74) is 5.98. The fraction of sp³-hybridized carbons (Fsp3) is 0.923. The molecule has 0 heterocycles. The van der Waals surface area contributed by atoms with Crippen LogP contribution in [0.4, 0.5) is 0 Å². The summed E-state index contributed by atoms with van der Waals surface area (Å²) in [5, 5.41) is 7.75. The fourth-order valence-electron chi connectivity index (χ4n) is 3.60. The topological polar surface area (TPSA) is 49.9 Å². The number of amidine groups is 1. The van der Waals surface area contributed by atoms with Crippen molar-refractivity contribution in [2.24, 2.45) is 34.8 Å². The minimum Gasteiger partial charge on any atom is -0.387 e. The molecule has 0 aliphatic heterocycles.